The quantitative estimate of drug-likeness (QED) is 0.602. The Labute approximate surface area is 168 Å². The number of likely N-dealkylation sites (tertiary alicyclic amines) is 1. The van der Waals surface area contributed by atoms with Crippen LogP contribution in [0, 0.1) is 5.92 Å². The summed E-state index contributed by atoms with van der Waals surface area (Å²) in [6, 6.07) is 5.25. The standard InChI is InChI=1S/C21H26N4O4/c1-23-18-12-15(13-24-9-6-14(7-10-24)8-11-26)2-3-16(18)25(21(23)29)17-4-5-19(27)22-20(17)28/h2-3,11-12,14,17H,4-10,13H2,1H3,(H,22,27,28). The number of hydrogen-bond donors (Lipinski definition) is 1. The zero-order valence-corrected chi connectivity index (χ0v) is 16.6. The molecule has 29 heavy (non-hydrogen) atoms. The SMILES string of the molecule is Cn1c(=O)n(C2CCC(=O)NC2=O)c2ccc(CN3CCC(CC=O)CC3)cc21. The fourth-order valence-electron chi connectivity index (χ4n) is 4.51. The maximum absolute atomic E-state index is 12.8. The van der Waals surface area contributed by atoms with Gasteiger partial charge >= 0.3 is 5.69 Å². The summed E-state index contributed by atoms with van der Waals surface area (Å²) in [6.07, 6.45) is 4.30. The van der Waals surface area contributed by atoms with E-state index in [-0.39, 0.29) is 18.0 Å². The molecule has 1 N–H and O–H groups in total. The summed E-state index contributed by atoms with van der Waals surface area (Å²) in [4.78, 5) is 49.6. The number of imide groups is 1. The van der Waals surface area contributed by atoms with Crippen molar-refractivity contribution in [3.8, 4) is 0 Å². The molecule has 0 saturated carbocycles. The summed E-state index contributed by atoms with van der Waals surface area (Å²) in [5, 5.41) is 2.33. The molecule has 0 aliphatic carbocycles. The lowest BCUT2D eigenvalue weighted by Crippen LogP contribution is -2.44. The van der Waals surface area contributed by atoms with Gasteiger partial charge in [-0.2, -0.15) is 0 Å². The van der Waals surface area contributed by atoms with Crippen molar-refractivity contribution in [1.82, 2.24) is 19.4 Å². The normalized spacial score (nSPS) is 21.5. The number of benzene rings is 1. The van der Waals surface area contributed by atoms with Gasteiger partial charge in [0, 0.05) is 26.4 Å². The lowest BCUT2D eigenvalue weighted by Gasteiger charge is -2.31. The average Bonchev–Trinajstić information content (AvgIpc) is 2.94. The number of rotatable bonds is 5. The van der Waals surface area contributed by atoms with Crippen LogP contribution in [0.15, 0.2) is 23.0 Å². The Morgan fingerprint density at radius 1 is 1.10 bits per heavy atom. The van der Waals surface area contributed by atoms with E-state index in [0.717, 1.165) is 49.8 Å². The van der Waals surface area contributed by atoms with Crippen LogP contribution in [0.5, 0.6) is 0 Å². The van der Waals surface area contributed by atoms with Gasteiger partial charge in [-0.15, -0.1) is 0 Å². The molecule has 154 valence electrons. The van der Waals surface area contributed by atoms with Crippen molar-refractivity contribution in [3.05, 3.63) is 34.2 Å². The molecular weight excluding hydrogens is 372 g/mol. The number of fused-ring (bicyclic) bond motifs is 1. The van der Waals surface area contributed by atoms with Gasteiger partial charge in [0.2, 0.25) is 11.8 Å². The van der Waals surface area contributed by atoms with E-state index in [2.05, 4.69) is 10.2 Å². The van der Waals surface area contributed by atoms with Crippen LogP contribution in [0.3, 0.4) is 0 Å². The van der Waals surface area contributed by atoms with Crippen LogP contribution in [-0.4, -0.2) is 45.2 Å². The Bertz CT molecular complexity index is 1010. The molecule has 2 saturated heterocycles. The van der Waals surface area contributed by atoms with Crippen LogP contribution >= 0.6 is 0 Å². The Kier molecular flexibility index (Phi) is 5.36. The van der Waals surface area contributed by atoms with E-state index in [1.54, 1.807) is 11.6 Å². The zero-order valence-electron chi connectivity index (χ0n) is 16.6. The highest BCUT2D eigenvalue weighted by Crippen LogP contribution is 2.25. The number of aromatic nitrogens is 2. The van der Waals surface area contributed by atoms with Crippen molar-refractivity contribution in [3.63, 3.8) is 0 Å². The van der Waals surface area contributed by atoms with Crippen molar-refractivity contribution in [1.29, 1.82) is 0 Å². The van der Waals surface area contributed by atoms with Crippen LogP contribution in [-0.2, 0) is 28.0 Å². The average molecular weight is 398 g/mol. The topological polar surface area (TPSA) is 93.4 Å². The van der Waals surface area contributed by atoms with E-state index in [1.165, 1.54) is 4.57 Å². The summed E-state index contributed by atoms with van der Waals surface area (Å²) in [5.74, 6) is -0.216. The molecule has 3 heterocycles. The van der Waals surface area contributed by atoms with Gasteiger partial charge < -0.3 is 4.79 Å². The van der Waals surface area contributed by atoms with Crippen LogP contribution in [0.2, 0.25) is 0 Å². The van der Waals surface area contributed by atoms with Crippen LogP contribution in [0.4, 0.5) is 0 Å². The predicted molar refractivity (Wildman–Crippen MR) is 107 cm³/mol. The molecule has 2 aromatic rings. The molecule has 1 aromatic carbocycles. The van der Waals surface area contributed by atoms with Crippen LogP contribution < -0.4 is 11.0 Å². The number of aryl methyl sites for hydroxylation is 1. The number of nitrogens with zero attached hydrogens (tertiary/aromatic N) is 3. The molecule has 0 bridgehead atoms. The number of carbonyl (C=O) groups excluding carboxylic acids is 3. The minimum atomic E-state index is -0.661. The molecule has 2 fully saturated rings. The number of imidazole rings is 1. The molecule has 4 rings (SSSR count). The Morgan fingerprint density at radius 2 is 1.86 bits per heavy atom. The minimum Gasteiger partial charge on any atom is -0.303 e. The van der Waals surface area contributed by atoms with Crippen LogP contribution in [0.25, 0.3) is 11.0 Å². The first-order chi connectivity index (χ1) is 14.0. The monoisotopic (exact) mass is 398 g/mol. The maximum atomic E-state index is 12.8. The van der Waals surface area contributed by atoms with Crippen molar-refractivity contribution < 1.29 is 14.4 Å². The van der Waals surface area contributed by atoms with Gasteiger partial charge in [-0.05, 0) is 56.0 Å². The predicted octanol–water partition coefficient (Wildman–Crippen LogP) is 1.12. The largest absolute Gasteiger partial charge is 0.329 e. The van der Waals surface area contributed by atoms with Crippen molar-refractivity contribution >= 4 is 29.1 Å². The van der Waals surface area contributed by atoms with Gasteiger partial charge in [0.15, 0.2) is 0 Å². The summed E-state index contributed by atoms with van der Waals surface area (Å²) in [5.41, 5.74) is 2.36. The number of nitrogens with one attached hydrogen (secondary N) is 1. The van der Waals surface area contributed by atoms with E-state index >= 15 is 0 Å². The molecule has 1 atom stereocenters. The Morgan fingerprint density at radius 3 is 2.55 bits per heavy atom. The molecule has 0 radical (unpaired) electrons. The number of amides is 2. The third-order valence-corrected chi connectivity index (χ3v) is 6.22. The lowest BCUT2D eigenvalue weighted by molar-refractivity contribution is -0.135. The van der Waals surface area contributed by atoms with E-state index < -0.39 is 11.9 Å². The van der Waals surface area contributed by atoms with Crippen LogP contribution in [0.1, 0.15) is 43.7 Å². The van der Waals surface area contributed by atoms with E-state index in [9.17, 15) is 19.2 Å². The third kappa shape index (κ3) is 3.76. The summed E-state index contributed by atoms with van der Waals surface area (Å²) >= 11 is 0. The highest BCUT2D eigenvalue weighted by Gasteiger charge is 2.31. The second kappa shape index (κ2) is 7.94. The number of hydrogen-bond acceptors (Lipinski definition) is 5. The smallest absolute Gasteiger partial charge is 0.303 e. The first-order valence-electron chi connectivity index (χ1n) is 10.2. The fraction of sp³-hybridized carbons (Fsp3) is 0.524. The van der Waals surface area contributed by atoms with Crippen molar-refractivity contribution in [2.45, 2.75) is 44.7 Å². The number of carbonyl (C=O) groups is 3. The lowest BCUT2D eigenvalue weighted by atomic mass is 9.94. The van der Waals surface area contributed by atoms with Gasteiger partial charge in [-0.1, -0.05) is 6.07 Å². The van der Waals surface area contributed by atoms with Gasteiger partial charge in [0.05, 0.1) is 11.0 Å². The van der Waals surface area contributed by atoms with E-state index in [1.807, 2.05) is 18.2 Å². The molecule has 1 unspecified atom stereocenters. The summed E-state index contributed by atoms with van der Waals surface area (Å²) in [7, 11) is 1.71. The molecule has 2 aliphatic rings. The van der Waals surface area contributed by atoms with Gasteiger partial charge in [-0.3, -0.25) is 28.9 Å². The molecular formula is C21H26N4O4. The highest BCUT2D eigenvalue weighted by molar-refractivity contribution is 6.00. The summed E-state index contributed by atoms with van der Waals surface area (Å²) in [6.45, 7) is 2.72. The number of piperidine rings is 2. The van der Waals surface area contributed by atoms with Gasteiger partial charge in [0.25, 0.3) is 0 Å². The minimum absolute atomic E-state index is 0.234. The number of aldehydes is 1. The second-order valence-electron chi connectivity index (χ2n) is 8.12. The highest BCUT2D eigenvalue weighted by atomic mass is 16.2. The molecule has 1 aromatic heterocycles. The molecule has 0 spiro atoms. The first kappa shape index (κ1) is 19.6. The Balaban J connectivity index is 1.57. The second-order valence-corrected chi connectivity index (χ2v) is 8.12. The zero-order chi connectivity index (χ0) is 20.5. The maximum Gasteiger partial charge on any atom is 0.329 e. The van der Waals surface area contributed by atoms with Crippen molar-refractivity contribution in [2.75, 3.05) is 13.1 Å². The molecule has 8 heteroatoms. The molecule has 2 aliphatic heterocycles. The van der Waals surface area contributed by atoms with E-state index in [0.29, 0.717) is 24.3 Å². The summed E-state index contributed by atoms with van der Waals surface area (Å²) < 4.78 is 3.07. The fourth-order valence-corrected chi connectivity index (χ4v) is 4.51. The van der Waals surface area contributed by atoms with Crippen molar-refractivity contribution in [2.24, 2.45) is 13.0 Å². The molecule has 2 amide bonds. The molecule has 8 nitrogen and oxygen atoms in total. The third-order valence-electron chi connectivity index (χ3n) is 6.22. The first-order valence-corrected chi connectivity index (χ1v) is 10.2. The van der Waals surface area contributed by atoms with Gasteiger partial charge in [-0.25, -0.2) is 4.79 Å². The van der Waals surface area contributed by atoms with E-state index in [4.69, 9.17) is 0 Å². The van der Waals surface area contributed by atoms with Gasteiger partial charge in [0.1, 0.15) is 12.3 Å². The Hall–Kier alpha value is -2.74.